The topological polar surface area (TPSA) is 72.2 Å². The summed E-state index contributed by atoms with van der Waals surface area (Å²) in [6.07, 6.45) is 0.636. The van der Waals surface area contributed by atoms with Crippen LogP contribution in [0.2, 0.25) is 0 Å². The predicted molar refractivity (Wildman–Crippen MR) is 109 cm³/mol. The molecule has 5 rings (SSSR count). The van der Waals surface area contributed by atoms with Crippen molar-refractivity contribution in [1.29, 1.82) is 0 Å². The minimum atomic E-state index is -0.917. The van der Waals surface area contributed by atoms with Crippen LogP contribution in [0, 0.1) is 5.92 Å². The molecule has 3 heterocycles. The van der Waals surface area contributed by atoms with Gasteiger partial charge in [-0.05, 0) is 55.5 Å². The zero-order chi connectivity index (χ0) is 20.7. The Morgan fingerprint density at radius 2 is 1.67 bits per heavy atom. The zero-order valence-corrected chi connectivity index (χ0v) is 16.3. The number of benzene rings is 2. The Kier molecular flexibility index (Phi) is 4.52. The largest absolute Gasteiger partial charge is 0.494 e. The van der Waals surface area contributed by atoms with Crippen LogP contribution in [0.1, 0.15) is 18.7 Å². The third-order valence-corrected chi connectivity index (χ3v) is 5.37. The van der Waals surface area contributed by atoms with E-state index >= 15 is 0 Å². The van der Waals surface area contributed by atoms with E-state index in [1.165, 1.54) is 4.90 Å². The number of amides is 2. The first kappa shape index (κ1) is 18.4. The maximum atomic E-state index is 13.4. The second kappa shape index (κ2) is 7.35. The third-order valence-electron chi connectivity index (χ3n) is 5.37. The fourth-order valence-corrected chi connectivity index (χ4v) is 4.07. The van der Waals surface area contributed by atoms with Gasteiger partial charge < -0.3 is 9.15 Å². The summed E-state index contributed by atoms with van der Waals surface area (Å²) in [5.74, 6) is -0.157. The predicted octanol–water partition coefficient (Wildman–Crippen LogP) is 3.73. The molecule has 7 heteroatoms. The fraction of sp³-hybridized carbons (Fsp3) is 0.217. The molecule has 1 aromatic heterocycles. The number of fused-ring (bicyclic) bond motifs is 1. The van der Waals surface area contributed by atoms with Crippen LogP contribution in [-0.2, 0) is 14.4 Å². The number of imide groups is 1. The van der Waals surface area contributed by atoms with Crippen LogP contribution in [0.15, 0.2) is 77.4 Å². The zero-order valence-electron chi connectivity index (χ0n) is 16.3. The smallest absolute Gasteiger partial charge is 0.266 e. The first-order chi connectivity index (χ1) is 14.7. The molecule has 0 unspecified atom stereocenters. The number of anilines is 2. The number of rotatable bonds is 5. The average Bonchev–Trinajstić information content (AvgIpc) is 3.48. The van der Waals surface area contributed by atoms with E-state index < -0.39 is 18.1 Å². The molecule has 2 saturated heterocycles. The lowest BCUT2D eigenvalue weighted by atomic mass is 9.94. The number of carbonyl (C=O) groups excluding carboxylic acids is 2. The van der Waals surface area contributed by atoms with Crippen LogP contribution in [0.25, 0.3) is 0 Å². The molecule has 2 aliphatic rings. The average molecular weight is 404 g/mol. The summed E-state index contributed by atoms with van der Waals surface area (Å²) in [6.45, 7) is 2.44. The molecule has 3 atom stereocenters. The number of hydrogen-bond donors (Lipinski definition) is 0. The molecular formula is C23H20N2O5. The Balaban J connectivity index is 1.51. The Morgan fingerprint density at radius 1 is 0.900 bits per heavy atom. The minimum Gasteiger partial charge on any atom is -0.494 e. The fourth-order valence-electron chi connectivity index (χ4n) is 4.07. The van der Waals surface area contributed by atoms with Crippen LogP contribution >= 0.6 is 0 Å². The van der Waals surface area contributed by atoms with Crippen molar-refractivity contribution >= 4 is 23.2 Å². The lowest BCUT2D eigenvalue weighted by Crippen LogP contribution is -2.37. The van der Waals surface area contributed by atoms with Gasteiger partial charge in [0.15, 0.2) is 6.10 Å². The molecule has 152 valence electrons. The highest BCUT2D eigenvalue weighted by atomic mass is 16.7. The number of hydrogen-bond acceptors (Lipinski definition) is 6. The standard InChI is InChI=1S/C23H20N2O5/c1-2-28-17-12-10-15(11-13-17)24-22(26)19-20(18-9-6-14-29-18)25(30-21(19)23(24)27)16-7-4-3-5-8-16/h3-14,19-21H,2H2,1H3/t19-,20+,21+/m0/s1. The van der Waals surface area contributed by atoms with Crippen molar-refractivity contribution in [2.75, 3.05) is 16.6 Å². The van der Waals surface area contributed by atoms with Gasteiger partial charge in [-0.1, -0.05) is 18.2 Å². The van der Waals surface area contributed by atoms with E-state index in [4.69, 9.17) is 14.0 Å². The summed E-state index contributed by atoms with van der Waals surface area (Å²) in [5.41, 5.74) is 1.25. The van der Waals surface area contributed by atoms with E-state index in [1.54, 1.807) is 47.7 Å². The highest BCUT2D eigenvalue weighted by molar-refractivity contribution is 6.23. The van der Waals surface area contributed by atoms with Gasteiger partial charge >= 0.3 is 0 Å². The maximum Gasteiger partial charge on any atom is 0.266 e. The molecule has 0 bridgehead atoms. The summed E-state index contributed by atoms with van der Waals surface area (Å²) < 4.78 is 11.1. The van der Waals surface area contributed by atoms with Gasteiger partial charge in [-0.25, -0.2) is 9.96 Å². The molecular weight excluding hydrogens is 384 g/mol. The first-order valence-corrected chi connectivity index (χ1v) is 9.84. The normalized spacial score (nSPS) is 23.2. The molecule has 2 fully saturated rings. The van der Waals surface area contributed by atoms with E-state index in [1.807, 2.05) is 37.3 Å². The van der Waals surface area contributed by atoms with Crippen LogP contribution in [0.5, 0.6) is 5.75 Å². The van der Waals surface area contributed by atoms with Gasteiger partial charge in [0.25, 0.3) is 5.91 Å². The molecule has 30 heavy (non-hydrogen) atoms. The Hall–Kier alpha value is -3.58. The van der Waals surface area contributed by atoms with Crippen molar-refractivity contribution in [2.45, 2.75) is 19.1 Å². The van der Waals surface area contributed by atoms with Crippen molar-refractivity contribution < 1.29 is 23.6 Å². The van der Waals surface area contributed by atoms with Gasteiger partial charge in [0.2, 0.25) is 5.91 Å². The second-order valence-corrected chi connectivity index (χ2v) is 7.11. The van der Waals surface area contributed by atoms with Gasteiger partial charge in [0.05, 0.1) is 24.2 Å². The minimum absolute atomic E-state index is 0.311. The maximum absolute atomic E-state index is 13.4. The van der Waals surface area contributed by atoms with Crippen molar-refractivity contribution in [3.8, 4) is 5.75 Å². The summed E-state index contributed by atoms with van der Waals surface area (Å²) in [4.78, 5) is 33.8. The van der Waals surface area contributed by atoms with E-state index in [0.717, 1.165) is 5.69 Å². The molecule has 3 aromatic rings. The second-order valence-electron chi connectivity index (χ2n) is 7.11. The molecule has 2 aromatic carbocycles. The summed E-state index contributed by atoms with van der Waals surface area (Å²) in [6, 6.07) is 19.3. The van der Waals surface area contributed by atoms with Gasteiger partial charge in [-0.3, -0.25) is 14.4 Å². The van der Waals surface area contributed by atoms with E-state index in [2.05, 4.69) is 0 Å². The van der Waals surface area contributed by atoms with Crippen molar-refractivity contribution in [3.63, 3.8) is 0 Å². The van der Waals surface area contributed by atoms with Crippen molar-refractivity contribution in [1.82, 2.24) is 0 Å². The summed E-state index contributed by atoms with van der Waals surface area (Å²) >= 11 is 0. The first-order valence-electron chi connectivity index (χ1n) is 9.84. The highest BCUT2D eigenvalue weighted by Gasteiger charge is 2.61. The van der Waals surface area contributed by atoms with Crippen LogP contribution < -0.4 is 14.7 Å². The van der Waals surface area contributed by atoms with Gasteiger partial charge in [0, 0.05) is 0 Å². The molecule has 0 radical (unpaired) electrons. The SMILES string of the molecule is CCOc1ccc(N2C(=O)[C@H]3[C@@H](c4ccco4)N(c4ccccc4)O[C@H]3C2=O)cc1. The number of carbonyl (C=O) groups is 2. The Bertz CT molecular complexity index is 1050. The number of para-hydroxylation sites is 1. The summed E-state index contributed by atoms with van der Waals surface area (Å²) in [7, 11) is 0. The van der Waals surface area contributed by atoms with Gasteiger partial charge in [0.1, 0.15) is 23.5 Å². The van der Waals surface area contributed by atoms with E-state index in [-0.39, 0.29) is 11.8 Å². The monoisotopic (exact) mass is 404 g/mol. The molecule has 0 aliphatic carbocycles. The highest BCUT2D eigenvalue weighted by Crippen LogP contribution is 2.47. The van der Waals surface area contributed by atoms with Gasteiger partial charge in [-0.15, -0.1) is 0 Å². The Morgan fingerprint density at radius 3 is 2.33 bits per heavy atom. The third kappa shape index (κ3) is 2.86. The molecule has 7 nitrogen and oxygen atoms in total. The number of nitrogens with zero attached hydrogens (tertiary/aromatic N) is 2. The van der Waals surface area contributed by atoms with Crippen molar-refractivity contribution in [3.05, 3.63) is 78.8 Å². The van der Waals surface area contributed by atoms with Crippen LogP contribution in [0.3, 0.4) is 0 Å². The number of furan rings is 1. The molecule has 0 N–H and O–H groups in total. The number of ether oxygens (including phenoxy) is 1. The van der Waals surface area contributed by atoms with E-state index in [0.29, 0.717) is 23.8 Å². The van der Waals surface area contributed by atoms with Crippen LogP contribution in [-0.4, -0.2) is 24.5 Å². The molecule has 2 aliphatic heterocycles. The molecule has 0 saturated carbocycles. The van der Waals surface area contributed by atoms with Gasteiger partial charge in [-0.2, -0.15) is 0 Å². The van der Waals surface area contributed by atoms with E-state index in [9.17, 15) is 9.59 Å². The summed E-state index contributed by atoms with van der Waals surface area (Å²) in [5, 5.41) is 1.61. The lowest BCUT2D eigenvalue weighted by molar-refractivity contribution is -0.126. The van der Waals surface area contributed by atoms with Crippen molar-refractivity contribution in [2.24, 2.45) is 5.92 Å². The quantitative estimate of drug-likeness (QED) is 0.604. The molecule has 2 amide bonds. The Labute approximate surface area is 173 Å². The molecule has 0 spiro atoms. The van der Waals surface area contributed by atoms with Crippen LogP contribution in [0.4, 0.5) is 11.4 Å². The number of hydroxylamine groups is 1. The lowest BCUT2D eigenvalue weighted by Gasteiger charge is -2.27.